The molecular formula is C33H21N3. The Morgan fingerprint density at radius 3 is 2.50 bits per heavy atom. The van der Waals surface area contributed by atoms with E-state index in [1.807, 2.05) is 30.7 Å². The van der Waals surface area contributed by atoms with Crippen molar-refractivity contribution < 1.29 is 0 Å². The van der Waals surface area contributed by atoms with Gasteiger partial charge in [-0.25, -0.2) is 0 Å². The van der Waals surface area contributed by atoms with Crippen LogP contribution >= 0.6 is 0 Å². The molecule has 3 heterocycles. The van der Waals surface area contributed by atoms with E-state index >= 15 is 0 Å². The van der Waals surface area contributed by atoms with Gasteiger partial charge < -0.3 is 0 Å². The summed E-state index contributed by atoms with van der Waals surface area (Å²) in [6.45, 7) is 0. The normalized spacial score (nSPS) is 16.0. The summed E-state index contributed by atoms with van der Waals surface area (Å²) >= 11 is 0. The molecule has 0 saturated heterocycles. The minimum atomic E-state index is 0.355. The van der Waals surface area contributed by atoms with Crippen LogP contribution in [0.2, 0.25) is 0 Å². The summed E-state index contributed by atoms with van der Waals surface area (Å²) in [4.78, 5) is 14.2. The number of pyridine rings is 3. The van der Waals surface area contributed by atoms with E-state index in [2.05, 4.69) is 88.9 Å². The lowest BCUT2D eigenvalue weighted by Gasteiger charge is -2.28. The van der Waals surface area contributed by atoms with Crippen LogP contribution < -0.4 is 10.4 Å². The van der Waals surface area contributed by atoms with Crippen LogP contribution in [-0.4, -0.2) is 15.0 Å². The van der Waals surface area contributed by atoms with Gasteiger partial charge in [-0.2, -0.15) is 0 Å². The fraction of sp³-hybridized carbons (Fsp3) is 0.0606. The molecule has 1 unspecified atom stereocenters. The minimum absolute atomic E-state index is 0.355. The average Bonchev–Trinajstić information content (AvgIpc) is 2.95. The zero-order valence-electron chi connectivity index (χ0n) is 19.5. The topological polar surface area (TPSA) is 38.7 Å². The molecule has 0 spiro atoms. The molecule has 0 aliphatic heterocycles. The lowest BCUT2D eigenvalue weighted by molar-refractivity contribution is 0.896. The van der Waals surface area contributed by atoms with Gasteiger partial charge in [-0.1, -0.05) is 66.8 Å². The molecule has 3 aromatic heterocycles. The van der Waals surface area contributed by atoms with Crippen molar-refractivity contribution in [3.8, 4) is 11.3 Å². The van der Waals surface area contributed by atoms with E-state index in [0.717, 1.165) is 39.5 Å². The van der Waals surface area contributed by atoms with Crippen LogP contribution in [0.4, 0.5) is 0 Å². The summed E-state index contributed by atoms with van der Waals surface area (Å²) in [5.41, 5.74) is 7.86. The Morgan fingerprint density at radius 2 is 1.58 bits per heavy atom. The van der Waals surface area contributed by atoms with Crippen molar-refractivity contribution in [2.45, 2.75) is 12.3 Å². The molecule has 6 aromatic rings. The van der Waals surface area contributed by atoms with Gasteiger partial charge in [0.2, 0.25) is 0 Å². The van der Waals surface area contributed by atoms with E-state index in [0.29, 0.717) is 5.92 Å². The molecule has 36 heavy (non-hydrogen) atoms. The number of hydrogen-bond acceptors (Lipinski definition) is 3. The van der Waals surface area contributed by atoms with Gasteiger partial charge in [-0.05, 0) is 68.6 Å². The Kier molecular flexibility index (Phi) is 4.06. The van der Waals surface area contributed by atoms with E-state index in [1.165, 1.54) is 37.9 Å². The molecule has 2 aliphatic rings. The first kappa shape index (κ1) is 19.7. The predicted octanol–water partition coefficient (Wildman–Crippen LogP) is 6.14. The number of aromatic nitrogens is 3. The summed E-state index contributed by atoms with van der Waals surface area (Å²) in [7, 11) is 0. The Labute approximate surface area is 207 Å². The van der Waals surface area contributed by atoms with Crippen molar-refractivity contribution in [2.75, 3.05) is 0 Å². The van der Waals surface area contributed by atoms with Crippen LogP contribution in [0.5, 0.6) is 0 Å². The molecule has 3 nitrogen and oxygen atoms in total. The minimum Gasteiger partial charge on any atom is -0.256 e. The van der Waals surface area contributed by atoms with E-state index < -0.39 is 0 Å². The number of fused-ring (bicyclic) bond motifs is 3. The lowest BCUT2D eigenvalue weighted by Crippen LogP contribution is -2.24. The number of rotatable bonds is 2. The summed E-state index contributed by atoms with van der Waals surface area (Å²) in [6, 6.07) is 25.8. The van der Waals surface area contributed by atoms with Crippen LogP contribution in [0.3, 0.4) is 0 Å². The van der Waals surface area contributed by atoms with E-state index in [1.54, 1.807) is 0 Å². The SMILES string of the molecule is C1=C(c2ccc(-c3cc4cccnc4c4ncccc34)nc2)C2CC=c3cccc4ccc(c2c34)=C1. The molecule has 1 atom stereocenters. The Bertz CT molecular complexity index is 2020. The van der Waals surface area contributed by atoms with E-state index in [9.17, 15) is 0 Å². The van der Waals surface area contributed by atoms with Crippen LogP contribution in [-0.2, 0) is 0 Å². The van der Waals surface area contributed by atoms with Gasteiger partial charge in [-0.3, -0.25) is 15.0 Å². The van der Waals surface area contributed by atoms with Gasteiger partial charge in [0, 0.05) is 40.8 Å². The van der Waals surface area contributed by atoms with Crippen LogP contribution in [0.25, 0.3) is 61.6 Å². The van der Waals surface area contributed by atoms with Crippen molar-refractivity contribution in [3.63, 3.8) is 0 Å². The first-order valence-corrected chi connectivity index (χ1v) is 12.4. The monoisotopic (exact) mass is 459 g/mol. The van der Waals surface area contributed by atoms with Crippen LogP contribution in [0.1, 0.15) is 23.5 Å². The number of benzene rings is 3. The zero-order chi connectivity index (χ0) is 23.6. The third-order valence-corrected chi connectivity index (χ3v) is 7.73. The zero-order valence-corrected chi connectivity index (χ0v) is 19.5. The summed E-state index contributed by atoms with van der Waals surface area (Å²) < 4.78 is 0. The molecule has 0 N–H and O–H groups in total. The third-order valence-electron chi connectivity index (χ3n) is 7.73. The average molecular weight is 460 g/mol. The molecule has 168 valence electrons. The Morgan fingerprint density at radius 1 is 0.694 bits per heavy atom. The van der Waals surface area contributed by atoms with Crippen LogP contribution in [0.15, 0.2) is 97.5 Å². The highest BCUT2D eigenvalue weighted by atomic mass is 14.7. The second kappa shape index (κ2) is 7.43. The van der Waals surface area contributed by atoms with Crippen molar-refractivity contribution in [2.24, 2.45) is 0 Å². The van der Waals surface area contributed by atoms with Crippen molar-refractivity contribution >= 4 is 50.3 Å². The number of nitrogens with zero attached hydrogens (tertiary/aromatic N) is 3. The largest absolute Gasteiger partial charge is 0.256 e. The fourth-order valence-electron chi connectivity index (χ4n) is 6.09. The molecule has 0 fully saturated rings. The van der Waals surface area contributed by atoms with Crippen molar-refractivity contribution in [1.82, 2.24) is 15.0 Å². The van der Waals surface area contributed by atoms with Gasteiger partial charge in [0.05, 0.1) is 16.7 Å². The van der Waals surface area contributed by atoms with Gasteiger partial charge in [0.1, 0.15) is 0 Å². The van der Waals surface area contributed by atoms with Gasteiger partial charge in [0.25, 0.3) is 0 Å². The maximum atomic E-state index is 4.97. The molecule has 3 aromatic carbocycles. The summed E-state index contributed by atoms with van der Waals surface area (Å²) in [5, 5.41) is 7.57. The molecule has 0 radical (unpaired) electrons. The predicted molar refractivity (Wildman–Crippen MR) is 148 cm³/mol. The second-order valence-electron chi connectivity index (χ2n) is 9.63. The lowest BCUT2D eigenvalue weighted by atomic mass is 9.76. The highest BCUT2D eigenvalue weighted by molar-refractivity contribution is 6.09. The number of hydrogen-bond donors (Lipinski definition) is 0. The summed E-state index contributed by atoms with van der Waals surface area (Å²) in [6.07, 6.45) is 13.7. The molecular weight excluding hydrogens is 438 g/mol. The van der Waals surface area contributed by atoms with E-state index in [-0.39, 0.29) is 0 Å². The summed E-state index contributed by atoms with van der Waals surface area (Å²) in [5.74, 6) is 0.355. The van der Waals surface area contributed by atoms with Gasteiger partial charge in [0.15, 0.2) is 0 Å². The fourth-order valence-corrected chi connectivity index (χ4v) is 6.09. The quantitative estimate of drug-likeness (QED) is 0.292. The van der Waals surface area contributed by atoms with Crippen molar-refractivity contribution in [3.05, 3.63) is 119 Å². The molecule has 2 aliphatic carbocycles. The molecule has 0 amide bonds. The standard InChI is InChI=1S/C33H21N3/c1-4-20-8-9-22-10-13-25(26-14-11-21(5-1)30(20)31(22)26)24-12-15-29(36-19-24)28-18-23-6-2-16-34-32(23)33-27(28)7-3-17-35-33/h1-13,15-19,26H,14H2. The maximum absolute atomic E-state index is 4.97. The first-order valence-electron chi connectivity index (χ1n) is 12.4. The van der Waals surface area contributed by atoms with Gasteiger partial charge in [-0.15, -0.1) is 0 Å². The van der Waals surface area contributed by atoms with Crippen molar-refractivity contribution in [1.29, 1.82) is 0 Å². The second-order valence-corrected chi connectivity index (χ2v) is 9.63. The molecule has 0 saturated carbocycles. The smallest absolute Gasteiger partial charge is 0.0971 e. The first-order chi connectivity index (χ1) is 17.8. The van der Waals surface area contributed by atoms with E-state index in [4.69, 9.17) is 4.98 Å². The Balaban J connectivity index is 1.26. The Hall–Kier alpha value is -4.63. The highest BCUT2D eigenvalue weighted by Crippen LogP contribution is 2.40. The number of allylic oxidation sites excluding steroid dienone is 2. The maximum Gasteiger partial charge on any atom is 0.0971 e. The van der Waals surface area contributed by atoms with Gasteiger partial charge >= 0.3 is 0 Å². The molecule has 3 heteroatoms. The molecule has 8 rings (SSSR count). The van der Waals surface area contributed by atoms with Crippen LogP contribution in [0, 0.1) is 0 Å². The highest BCUT2D eigenvalue weighted by Gasteiger charge is 2.25. The molecule has 0 bridgehead atoms. The third kappa shape index (κ3) is 2.77.